The molecule has 1 heterocycles. The van der Waals surface area contributed by atoms with Gasteiger partial charge in [0.15, 0.2) is 0 Å². The molecule has 0 N–H and O–H groups in total. The maximum absolute atomic E-state index is 14.0. The van der Waals surface area contributed by atoms with E-state index in [9.17, 15) is 4.39 Å². The summed E-state index contributed by atoms with van der Waals surface area (Å²) in [5.74, 6) is 6.09. The van der Waals surface area contributed by atoms with E-state index in [-0.39, 0.29) is 5.82 Å². The van der Waals surface area contributed by atoms with Gasteiger partial charge in [-0.15, -0.1) is 0 Å². The minimum absolute atomic E-state index is 0.228. The lowest BCUT2D eigenvalue weighted by molar-refractivity contribution is -0.114. The van der Waals surface area contributed by atoms with Gasteiger partial charge in [-0.2, -0.15) is 0 Å². The first-order valence-corrected chi connectivity index (χ1v) is 14.3. The molecule has 0 bridgehead atoms. The van der Waals surface area contributed by atoms with Gasteiger partial charge in [-0.05, 0) is 116 Å². The molecule has 1 aromatic heterocycles. The summed E-state index contributed by atoms with van der Waals surface area (Å²) in [6.07, 6.45) is 18.5. The van der Waals surface area contributed by atoms with Crippen LogP contribution in [0.15, 0.2) is 24.4 Å². The van der Waals surface area contributed by atoms with Crippen molar-refractivity contribution in [3.63, 3.8) is 0 Å². The van der Waals surface area contributed by atoms with Gasteiger partial charge in [0, 0.05) is 12.6 Å². The van der Waals surface area contributed by atoms with E-state index < -0.39 is 0 Å². The van der Waals surface area contributed by atoms with Crippen molar-refractivity contribution in [2.45, 2.75) is 97.8 Å². The standard InChI is InChI=1S/C31H43FN2/c1-20(10-15-29-33-19-23-27(32)8-6-9-28(23)34-29)24-13-14-25-22-12-11-21-7-4-5-17-30(21,2)26(22)16-18-31(24,25)3/h6,8-9,19-22,24-26H,4-5,7,10-18H2,1-3H3/t20-,21?,22?,24?,25?,26?,30?,31?/m1/s1. The van der Waals surface area contributed by atoms with Crippen LogP contribution in [0.5, 0.6) is 0 Å². The van der Waals surface area contributed by atoms with Crippen molar-refractivity contribution in [1.29, 1.82) is 0 Å². The molecule has 184 valence electrons. The fourth-order valence-electron chi connectivity index (χ4n) is 10.0. The molecule has 4 aliphatic carbocycles. The fraction of sp³-hybridized carbons (Fsp3) is 0.742. The fourth-order valence-corrected chi connectivity index (χ4v) is 10.0. The molecule has 0 saturated heterocycles. The Morgan fingerprint density at radius 3 is 2.71 bits per heavy atom. The Morgan fingerprint density at radius 1 is 0.971 bits per heavy atom. The summed E-state index contributed by atoms with van der Waals surface area (Å²) in [7, 11) is 0. The number of aromatic nitrogens is 2. The monoisotopic (exact) mass is 462 g/mol. The number of hydrogen-bond acceptors (Lipinski definition) is 2. The molecule has 3 heteroatoms. The highest BCUT2D eigenvalue weighted by Gasteiger charge is 2.60. The minimum Gasteiger partial charge on any atom is -0.241 e. The van der Waals surface area contributed by atoms with Gasteiger partial charge in [-0.3, -0.25) is 0 Å². The normalized spacial score (nSPS) is 40.4. The predicted octanol–water partition coefficient (Wildman–Crippen LogP) is 8.39. The van der Waals surface area contributed by atoms with Crippen LogP contribution in [0.4, 0.5) is 4.39 Å². The number of rotatable bonds is 4. The number of halogens is 1. The van der Waals surface area contributed by atoms with Crippen LogP contribution >= 0.6 is 0 Å². The first kappa shape index (κ1) is 22.9. The highest BCUT2D eigenvalue weighted by Crippen LogP contribution is 2.68. The van der Waals surface area contributed by atoms with Crippen LogP contribution in [0.1, 0.15) is 97.2 Å². The van der Waals surface area contributed by atoms with Crippen molar-refractivity contribution in [1.82, 2.24) is 9.97 Å². The van der Waals surface area contributed by atoms with Crippen LogP contribution in [-0.2, 0) is 6.42 Å². The third-order valence-electron chi connectivity index (χ3n) is 11.8. The maximum atomic E-state index is 14.0. The molecule has 8 atom stereocenters. The van der Waals surface area contributed by atoms with E-state index in [0.717, 1.165) is 53.8 Å². The zero-order valence-corrected chi connectivity index (χ0v) is 21.5. The molecule has 7 unspecified atom stereocenters. The lowest BCUT2D eigenvalue weighted by Gasteiger charge is -2.61. The van der Waals surface area contributed by atoms with Crippen LogP contribution in [0.25, 0.3) is 10.9 Å². The van der Waals surface area contributed by atoms with Crippen LogP contribution < -0.4 is 0 Å². The van der Waals surface area contributed by atoms with Gasteiger partial charge >= 0.3 is 0 Å². The number of aryl methyl sites for hydroxylation is 1. The molecule has 2 nitrogen and oxygen atoms in total. The molecule has 2 aromatic rings. The molecule has 0 aliphatic heterocycles. The number of benzene rings is 1. The number of hydrogen-bond donors (Lipinski definition) is 0. The van der Waals surface area contributed by atoms with Gasteiger partial charge in [0.05, 0.1) is 10.9 Å². The molecular weight excluding hydrogens is 419 g/mol. The Kier molecular flexibility index (Phi) is 5.77. The molecule has 1 aromatic carbocycles. The molecule has 0 amide bonds. The van der Waals surface area contributed by atoms with E-state index in [1.54, 1.807) is 12.3 Å². The highest BCUT2D eigenvalue weighted by molar-refractivity contribution is 5.78. The molecule has 4 fully saturated rings. The highest BCUT2D eigenvalue weighted by atomic mass is 19.1. The zero-order valence-electron chi connectivity index (χ0n) is 21.5. The maximum Gasteiger partial charge on any atom is 0.134 e. The first-order valence-electron chi connectivity index (χ1n) is 14.3. The molecule has 4 aliphatic rings. The van der Waals surface area contributed by atoms with Crippen molar-refractivity contribution in [2.75, 3.05) is 0 Å². The molecule has 34 heavy (non-hydrogen) atoms. The largest absolute Gasteiger partial charge is 0.241 e. The van der Waals surface area contributed by atoms with Gasteiger partial charge in [0.25, 0.3) is 0 Å². The average molecular weight is 463 g/mol. The lowest BCUT2D eigenvalue weighted by atomic mass is 9.44. The second-order valence-corrected chi connectivity index (χ2v) is 13.1. The predicted molar refractivity (Wildman–Crippen MR) is 137 cm³/mol. The van der Waals surface area contributed by atoms with Gasteiger partial charge in [0.2, 0.25) is 0 Å². The quantitative estimate of drug-likeness (QED) is 0.456. The second kappa shape index (κ2) is 8.56. The van der Waals surface area contributed by atoms with Gasteiger partial charge in [0.1, 0.15) is 11.6 Å². The lowest BCUT2D eigenvalue weighted by Crippen LogP contribution is -2.53. The van der Waals surface area contributed by atoms with E-state index in [1.807, 2.05) is 6.07 Å². The van der Waals surface area contributed by atoms with Crippen LogP contribution in [0.3, 0.4) is 0 Å². The molecule has 0 spiro atoms. The summed E-state index contributed by atoms with van der Waals surface area (Å²) in [6, 6.07) is 5.13. The van der Waals surface area contributed by atoms with Gasteiger partial charge in [-0.25, -0.2) is 14.4 Å². The Labute approximate surface area is 205 Å². The Bertz CT molecular complexity index is 1050. The summed E-state index contributed by atoms with van der Waals surface area (Å²) in [5, 5.41) is 0.531. The SMILES string of the molecule is C[C@H](CCc1ncc2c(F)cccc2n1)C1CCC2C3CCC4CCCCC4(C)C3CCC21C. The van der Waals surface area contributed by atoms with E-state index in [0.29, 0.717) is 22.1 Å². The van der Waals surface area contributed by atoms with Gasteiger partial charge in [-0.1, -0.05) is 39.7 Å². The molecule has 4 saturated carbocycles. The summed E-state index contributed by atoms with van der Waals surface area (Å²) in [4.78, 5) is 9.20. The third kappa shape index (κ3) is 3.54. The summed E-state index contributed by atoms with van der Waals surface area (Å²) in [6.45, 7) is 7.86. The Morgan fingerprint density at radius 2 is 1.82 bits per heavy atom. The topological polar surface area (TPSA) is 25.8 Å². The van der Waals surface area contributed by atoms with E-state index in [1.165, 1.54) is 70.3 Å². The third-order valence-corrected chi connectivity index (χ3v) is 11.8. The van der Waals surface area contributed by atoms with Crippen LogP contribution in [0, 0.1) is 52.2 Å². The van der Waals surface area contributed by atoms with Crippen LogP contribution in [-0.4, -0.2) is 9.97 Å². The van der Waals surface area contributed by atoms with Crippen molar-refractivity contribution < 1.29 is 4.39 Å². The smallest absolute Gasteiger partial charge is 0.134 e. The first-order chi connectivity index (χ1) is 16.4. The van der Waals surface area contributed by atoms with Crippen molar-refractivity contribution in [3.05, 3.63) is 36.0 Å². The zero-order chi connectivity index (χ0) is 23.5. The van der Waals surface area contributed by atoms with E-state index in [4.69, 9.17) is 0 Å². The second-order valence-electron chi connectivity index (χ2n) is 13.1. The molecule has 0 radical (unpaired) electrons. The number of nitrogens with zero attached hydrogens (tertiary/aromatic N) is 2. The summed E-state index contributed by atoms with van der Waals surface area (Å²) < 4.78 is 14.0. The minimum atomic E-state index is -0.228. The van der Waals surface area contributed by atoms with Crippen LogP contribution in [0.2, 0.25) is 0 Å². The van der Waals surface area contributed by atoms with Crippen molar-refractivity contribution in [2.24, 2.45) is 46.3 Å². The average Bonchev–Trinajstić information content (AvgIpc) is 3.19. The van der Waals surface area contributed by atoms with Crippen molar-refractivity contribution >= 4 is 10.9 Å². The van der Waals surface area contributed by atoms with E-state index in [2.05, 4.69) is 30.7 Å². The molecular formula is C31H43FN2. The van der Waals surface area contributed by atoms with Crippen molar-refractivity contribution in [3.8, 4) is 0 Å². The molecule has 6 rings (SSSR count). The Hall–Kier alpha value is -1.51. The Balaban J connectivity index is 1.15. The van der Waals surface area contributed by atoms with Gasteiger partial charge < -0.3 is 0 Å². The summed E-state index contributed by atoms with van der Waals surface area (Å²) >= 11 is 0. The van der Waals surface area contributed by atoms with E-state index >= 15 is 0 Å². The number of fused-ring (bicyclic) bond motifs is 6. The summed E-state index contributed by atoms with van der Waals surface area (Å²) in [5.41, 5.74) is 1.89.